The molecule has 0 heterocycles. The lowest BCUT2D eigenvalue weighted by Crippen LogP contribution is -2.26. The quantitative estimate of drug-likeness (QED) is 0.660. The molecule has 0 bridgehead atoms. The third kappa shape index (κ3) is 4.12. The molecule has 5 heteroatoms. The van der Waals surface area contributed by atoms with Gasteiger partial charge in [-0.15, -0.1) is 0 Å². The summed E-state index contributed by atoms with van der Waals surface area (Å²) in [6.45, 7) is 2.05. The second-order valence-electron chi connectivity index (χ2n) is 5.12. The van der Waals surface area contributed by atoms with Crippen LogP contribution in [0.25, 0.3) is 0 Å². The smallest absolute Gasteiger partial charge is 0.273 e. The van der Waals surface area contributed by atoms with Crippen LogP contribution < -0.4 is 5.73 Å². The Morgan fingerprint density at radius 2 is 1.86 bits per heavy atom. The van der Waals surface area contributed by atoms with E-state index in [4.69, 9.17) is 5.73 Å². The SMILES string of the molecule is Cc1ccccc1CC(N)Cc1ccc(Br)cc1[N+](=O)[O-]. The highest BCUT2D eigenvalue weighted by atomic mass is 79.9. The van der Waals surface area contributed by atoms with Crippen LogP contribution in [0.15, 0.2) is 46.9 Å². The zero-order valence-electron chi connectivity index (χ0n) is 11.8. The molecule has 0 radical (unpaired) electrons. The van der Waals surface area contributed by atoms with Crippen LogP contribution in [0, 0.1) is 17.0 Å². The maximum Gasteiger partial charge on any atom is 0.273 e. The van der Waals surface area contributed by atoms with E-state index in [-0.39, 0.29) is 16.7 Å². The van der Waals surface area contributed by atoms with Gasteiger partial charge in [0.1, 0.15) is 0 Å². The summed E-state index contributed by atoms with van der Waals surface area (Å²) in [5.41, 5.74) is 9.34. The Morgan fingerprint density at radius 3 is 2.52 bits per heavy atom. The summed E-state index contributed by atoms with van der Waals surface area (Å²) in [6, 6.07) is 13.0. The Kier molecular flexibility index (Phi) is 5.09. The summed E-state index contributed by atoms with van der Waals surface area (Å²) in [5.74, 6) is 0. The number of rotatable bonds is 5. The third-order valence-electron chi connectivity index (χ3n) is 3.47. The molecule has 0 fully saturated rings. The van der Waals surface area contributed by atoms with E-state index in [9.17, 15) is 10.1 Å². The summed E-state index contributed by atoms with van der Waals surface area (Å²) < 4.78 is 0.699. The molecule has 1 unspecified atom stereocenters. The minimum Gasteiger partial charge on any atom is -0.327 e. The molecule has 110 valence electrons. The van der Waals surface area contributed by atoms with E-state index in [2.05, 4.69) is 15.9 Å². The molecule has 0 saturated carbocycles. The highest BCUT2D eigenvalue weighted by molar-refractivity contribution is 9.10. The topological polar surface area (TPSA) is 69.2 Å². The molecule has 0 aliphatic carbocycles. The summed E-state index contributed by atoms with van der Waals surface area (Å²) >= 11 is 3.26. The second-order valence-corrected chi connectivity index (χ2v) is 6.04. The van der Waals surface area contributed by atoms with E-state index in [1.165, 1.54) is 17.2 Å². The van der Waals surface area contributed by atoms with Crippen LogP contribution >= 0.6 is 15.9 Å². The lowest BCUT2D eigenvalue weighted by atomic mass is 9.96. The summed E-state index contributed by atoms with van der Waals surface area (Å²) in [5, 5.41) is 11.1. The molecule has 0 aliphatic rings. The van der Waals surface area contributed by atoms with Crippen molar-refractivity contribution in [2.75, 3.05) is 0 Å². The van der Waals surface area contributed by atoms with E-state index >= 15 is 0 Å². The summed E-state index contributed by atoms with van der Waals surface area (Å²) in [6.07, 6.45) is 1.19. The predicted octanol–water partition coefficient (Wildman–Crippen LogP) is 3.78. The Balaban J connectivity index is 2.15. The van der Waals surface area contributed by atoms with Gasteiger partial charge in [0.15, 0.2) is 0 Å². The van der Waals surface area contributed by atoms with Gasteiger partial charge in [0.05, 0.1) is 4.92 Å². The Morgan fingerprint density at radius 1 is 1.19 bits per heavy atom. The molecule has 0 saturated heterocycles. The third-order valence-corrected chi connectivity index (χ3v) is 3.96. The Bertz CT molecular complexity index is 658. The molecule has 2 N–H and O–H groups in total. The van der Waals surface area contributed by atoms with Crippen molar-refractivity contribution in [3.63, 3.8) is 0 Å². The van der Waals surface area contributed by atoms with Gasteiger partial charge in [-0.05, 0) is 37.0 Å². The van der Waals surface area contributed by atoms with Crippen LogP contribution in [0.4, 0.5) is 5.69 Å². The van der Waals surface area contributed by atoms with Crippen LogP contribution in [0.3, 0.4) is 0 Å². The van der Waals surface area contributed by atoms with Crippen molar-refractivity contribution in [3.8, 4) is 0 Å². The average molecular weight is 349 g/mol. The lowest BCUT2D eigenvalue weighted by Gasteiger charge is -2.14. The minimum atomic E-state index is -0.361. The molecule has 4 nitrogen and oxygen atoms in total. The van der Waals surface area contributed by atoms with E-state index < -0.39 is 0 Å². The zero-order chi connectivity index (χ0) is 15.4. The fourth-order valence-corrected chi connectivity index (χ4v) is 2.70. The number of halogens is 1. The van der Waals surface area contributed by atoms with E-state index in [0.717, 1.165) is 0 Å². The van der Waals surface area contributed by atoms with Crippen LogP contribution in [-0.4, -0.2) is 11.0 Å². The predicted molar refractivity (Wildman–Crippen MR) is 87.4 cm³/mol. The largest absolute Gasteiger partial charge is 0.327 e. The van der Waals surface area contributed by atoms with Crippen molar-refractivity contribution < 1.29 is 4.92 Å². The fraction of sp³-hybridized carbons (Fsp3) is 0.250. The highest BCUT2D eigenvalue weighted by Crippen LogP contribution is 2.25. The number of nitrogens with zero attached hydrogens (tertiary/aromatic N) is 1. The number of nitro benzene ring substituents is 1. The monoisotopic (exact) mass is 348 g/mol. The van der Waals surface area contributed by atoms with Crippen molar-refractivity contribution in [1.82, 2.24) is 0 Å². The lowest BCUT2D eigenvalue weighted by molar-refractivity contribution is -0.385. The number of nitrogens with two attached hydrogens (primary N) is 1. The van der Waals surface area contributed by atoms with E-state index in [1.54, 1.807) is 6.07 Å². The first-order valence-corrected chi connectivity index (χ1v) is 7.49. The molecule has 2 rings (SSSR count). The molecule has 1 atom stereocenters. The Hall–Kier alpha value is -1.72. The number of nitro groups is 1. The summed E-state index contributed by atoms with van der Waals surface area (Å²) in [4.78, 5) is 10.8. The number of hydrogen-bond donors (Lipinski definition) is 1. The number of benzene rings is 2. The van der Waals surface area contributed by atoms with Crippen LogP contribution in [0.2, 0.25) is 0 Å². The first-order valence-electron chi connectivity index (χ1n) is 6.70. The van der Waals surface area contributed by atoms with Gasteiger partial charge in [0.2, 0.25) is 0 Å². The zero-order valence-corrected chi connectivity index (χ0v) is 13.3. The number of aryl methyl sites for hydroxylation is 1. The van der Waals surface area contributed by atoms with Gasteiger partial charge in [0.25, 0.3) is 5.69 Å². The van der Waals surface area contributed by atoms with Gasteiger partial charge in [-0.3, -0.25) is 10.1 Å². The van der Waals surface area contributed by atoms with Crippen LogP contribution in [0.5, 0.6) is 0 Å². The van der Waals surface area contributed by atoms with Gasteiger partial charge >= 0.3 is 0 Å². The van der Waals surface area contributed by atoms with Crippen molar-refractivity contribution in [2.45, 2.75) is 25.8 Å². The molecule has 2 aromatic rings. The first kappa shape index (κ1) is 15.7. The highest BCUT2D eigenvalue weighted by Gasteiger charge is 2.17. The normalized spacial score (nSPS) is 12.1. The minimum absolute atomic E-state index is 0.115. The van der Waals surface area contributed by atoms with Crippen LogP contribution in [0.1, 0.15) is 16.7 Å². The maximum absolute atomic E-state index is 11.1. The standard InChI is InChI=1S/C16H17BrN2O2/c1-11-4-2-3-5-12(11)8-15(18)9-13-6-7-14(17)10-16(13)19(20)21/h2-7,10,15H,8-9,18H2,1H3. The first-order chi connectivity index (χ1) is 9.97. The van der Waals surface area contributed by atoms with Crippen molar-refractivity contribution in [1.29, 1.82) is 0 Å². The maximum atomic E-state index is 11.1. The van der Waals surface area contributed by atoms with Gasteiger partial charge in [0, 0.05) is 22.1 Å². The van der Waals surface area contributed by atoms with E-state index in [1.807, 2.05) is 37.3 Å². The van der Waals surface area contributed by atoms with Gasteiger partial charge < -0.3 is 5.73 Å². The average Bonchev–Trinajstić information content (AvgIpc) is 2.43. The molecule has 2 aromatic carbocycles. The fourth-order valence-electron chi connectivity index (χ4n) is 2.36. The van der Waals surface area contributed by atoms with Crippen LogP contribution in [-0.2, 0) is 12.8 Å². The summed E-state index contributed by atoms with van der Waals surface area (Å²) in [7, 11) is 0. The Labute approximate surface area is 132 Å². The molecule has 0 aromatic heterocycles. The van der Waals surface area contributed by atoms with Crippen molar-refractivity contribution in [3.05, 3.63) is 73.7 Å². The molecule has 0 aliphatic heterocycles. The molecule has 0 amide bonds. The molecular weight excluding hydrogens is 332 g/mol. The second kappa shape index (κ2) is 6.83. The van der Waals surface area contributed by atoms with Crippen molar-refractivity contribution in [2.24, 2.45) is 5.73 Å². The van der Waals surface area contributed by atoms with Gasteiger partial charge in [-0.1, -0.05) is 46.3 Å². The molecule has 21 heavy (non-hydrogen) atoms. The van der Waals surface area contributed by atoms with Crippen molar-refractivity contribution >= 4 is 21.6 Å². The van der Waals surface area contributed by atoms with Gasteiger partial charge in [-0.25, -0.2) is 0 Å². The molecule has 0 spiro atoms. The van der Waals surface area contributed by atoms with Gasteiger partial charge in [-0.2, -0.15) is 0 Å². The number of hydrogen-bond acceptors (Lipinski definition) is 3. The van der Waals surface area contributed by atoms with E-state index in [0.29, 0.717) is 22.9 Å². The molecular formula is C16H17BrN2O2.